The molecule has 0 atom stereocenters. The second kappa shape index (κ2) is 6.36. The molecule has 1 aliphatic carbocycles. The summed E-state index contributed by atoms with van der Waals surface area (Å²) < 4.78 is 162. The third kappa shape index (κ3) is 2.86. The van der Waals surface area contributed by atoms with Gasteiger partial charge in [0.2, 0.25) is 0 Å². The van der Waals surface area contributed by atoms with E-state index in [0.29, 0.717) is 12.3 Å². The third-order valence-corrected chi connectivity index (χ3v) is 3.49. The first kappa shape index (κ1) is 23.7. The average molecular weight is 594 g/mol. The predicted molar refractivity (Wildman–Crippen MR) is 60.6 cm³/mol. The summed E-state index contributed by atoms with van der Waals surface area (Å²) >= 11 is 0. The summed E-state index contributed by atoms with van der Waals surface area (Å²) in [6, 6.07) is 2.02. The molecular formula is C13H4F12IrN-. The number of hydrogen-bond acceptors (Lipinski definition) is 1. The molecule has 0 saturated carbocycles. The summed E-state index contributed by atoms with van der Waals surface area (Å²) in [5, 5.41) is 0. The minimum atomic E-state index is -7.56. The van der Waals surface area contributed by atoms with Crippen molar-refractivity contribution in [3.63, 3.8) is 0 Å². The fourth-order valence-corrected chi connectivity index (χ4v) is 2.00. The molecule has 1 heterocycles. The zero-order chi connectivity index (χ0) is 20.4. The van der Waals surface area contributed by atoms with E-state index >= 15 is 0 Å². The van der Waals surface area contributed by atoms with Crippen LogP contribution in [0, 0.1) is 6.08 Å². The monoisotopic (exact) mass is 595 g/mol. The summed E-state index contributed by atoms with van der Waals surface area (Å²) in [5.74, 6) is -42.4. The first-order valence-electron chi connectivity index (χ1n) is 6.29. The number of rotatable bonds is 1. The number of aromatic nitrogens is 1. The summed E-state index contributed by atoms with van der Waals surface area (Å²) in [5.41, 5.74) is -4.43. The molecule has 1 aliphatic rings. The van der Waals surface area contributed by atoms with Crippen LogP contribution >= 0.6 is 0 Å². The molecule has 155 valence electrons. The van der Waals surface area contributed by atoms with Crippen molar-refractivity contribution in [2.45, 2.75) is 35.5 Å². The van der Waals surface area contributed by atoms with Gasteiger partial charge in [0.1, 0.15) is 0 Å². The Balaban J connectivity index is 0.00000364. The topological polar surface area (TPSA) is 12.9 Å². The van der Waals surface area contributed by atoms with Crippen LogP contribution in [0.25, 0.3) is 5.57 Å². The van der Waals surface area contributed by atoms with E-state index in [2.05, 4.69) is 4.98 Å². The van der Waals surface area contributed by atoms with Gasteiger partial charge < -0.3 is 4.98 Å². The summed E-state index contributed by atoms with van der Waals surface area (Å²) in [6.45, 7) is 0. The van der Waals surface area contributed by atoms with Gasteiger partial charge in [-0.2, -0.15) is 50.0 Å². The molecule has 1 nitrogen and oxygen atoms in total. The number of hydrogen-bond donors (Lipinski definition) is 0. The van der Waals surface area contributed by atoms with E-state index in [4.69, 9.17) is 0 Å². The maximum absolute atomic E-state index is 13.9. The quantitative estimate of drug-likeness (QED) is 0.326. The number of nitrogens with zero attached hydrogens (tertiary/aromatic N) is 1. The molecule has 27 heavy (non-hydrogen) atoms. The SMILES string of the molecule is FC1(F)[C-]=C(c2ccccn2)C(F)(F)C(F)(F)C(F)(F)C(F)(F)C1(F)F.[Ir]. The van der Waals surface area contributed by atoms with Crippen molar-refractivity contribution in [3.05, 3.63) is 36.2 Å². The number of pyridine rings is 1. The van der Waals surface area contributed by atoms with Gasteiger partial charge >= 0.3 is 29.6 Å². The van der Waals surface area contributed by atoms with Crippen molar-refractivity contribution < 1.29 is 72.8 Å². The van der Waals surface area contributed by atoms with E-state index in [0.717, 1.165) is 12.1 Å². The van der Waals surface area contributed by atoms with E-state index in [1.54, 1.807) is 0 Å². The minimum Gasteiger partial charge on any atom is -0.351 e. The molecule has 0 unspecified atom stereocenters. The van der Waals surface area contributed by atoms with Crippen molar-refractivity contribution in [2.24, 2.45) is 0 Å². The van der Waals surface area contributed by atoms with Crippen molar-refractivity contribution in [2.75, 3.05) is 0 Å². The van der Waals surface area contributed by atoms with Gasteiger partial charge in [0.15, 0.2) is 0 Å². The Hall–Kier alpha value is -1.30. The zero-order valence-corrected chi connectivity index (χ0v) is 14.5. The van der Waals surface area contributed by atoms with Crippen LogP contribution in [0.5, 0.6) is 0 Å². The summed E-state index contributed by atoms with van der Waals surface area (Å²) in [4.78, 5) is 2.91. The molecule has 0 fully saturated rings. The number of allylic oxidation sites excluding steroid dienone is 2. The molecule has 0 saturated heterocycles. The van der Waals surface area contributed by atoms with Gasteiger partial charge in [-0.15, -0.1) is 11.6 Å². The fraction of sp³-hybridized carbons (Fsp3) is 0.462. The van der Waals surface area contributed by atoms with Gasteiger partial charge in [-0.3, -0.25) is 0 Å². The Labute approximate surface area is 155 Å². The van der Waals surface area contributed by atoms with Crippen molar-refractivity contribution in [1.29, 1.82) is 0 Å². The van der Waals surface area contributed by atoms with E-state index in [1.807, 2.05) is 0 Å². The maximum Gasteiger partial charge on any atom is 0.384 e. The molecule has 0 bridgehead atoms. The van der Waals surface area contributed by atoms with Crippen LogP contribution in [0.3, 0.4) is 0 Å². The summed E-state index contributed by atoms with van der Waals surface area (Å²) in [7, 11) is 0. The van der Waals surface area contributed by atoms with Gasteiger partial charge in [-0.1, -0.05) is 11.8 Å². The van der Waals surface area contributed by atoms with E-state index in [9.17, 15) is 52.7 Å². The van der Waals surface area contributed by atoms with Gasteiger partial charge in [-0.25, -0.2) is 8.78 Å². The smallest absolute Gasteiger partial charge is 0.351 e. The van der Waals surface area contributed by atoms with Crippen molar-refractivity contribution in [1.82, 2.24) is 4.98 Å². The molecule has 1 aromatic heterocycles. The Morgan fingerprint density at radius 3 is 1.59 bits per heavy atom. The van der Waals surface area contributed by atoms with Gasteiger partial charge in [-0.05, 0) is 6.07 Å². The maximum atomic E-state index is 13.9. The minimum absolute atomic E-state index is 0. The Bertz CT molecular complexity index is 728. The van der Waals surface area contributed by atoms with Crippen LogP contribution < -0.4 is 0 Å². The first-order chi connectivity index (χ1) is 11.5. The molecule has 0 amide bonds. The van der Waals surface area contributed by atoms with E-state index < -0.39 is 46.8 Å². The van der Waals surface area contributed by atoms with E-state index in [-0.39, 0.29) is 26.2 Å². The largest absolute Gasteiger partial charge is 0.384 e. The second-order valence-electron chi connectivity index (χ2n) is 5.16. The van der Waals surface area contributed by atoms with Gasteiger partial charge in [0.25, 0.3) is 5.92 Å². The van der Waals surface area contributed by atoms with Gasteiger partial charge in [0.05, 0.1) is 0 Å². The first-order valence-corrected chi connectivity index (χ1v) is 6.29. The molecule has 0 aliphatic heterocycles. The molecule has 2 rings (SSSR count). The third-order valence-electron chi connectivity index (χ3n) is 3.49. The molecule has 0 spiro atoms. The van der Waals surface area contributed by atoms with Crippen LogP contribution in [0.15, 0.2) is 24.4 Å². The summed E-state index contributed by atoms with van der Waals surface area (Å²) in [6.07, 6.45) is 0.424. The molecule has 0 N–H and O–H groups in total. The molecule has 0 aromatic carbocycles. The molecule has 1 radical (unpaired) electrons. The second-order valence-corrected chi connectivity index (χ2v) is 5.16. The van der Waals surface area contributed by atoms with Gasteiger partial charge in [0, 0.05) is 26.3 Å². The van der Waals surface area contributed by atoms with Crippen LogP contribution in [-0.2, 0) is 20.1 Å². The van der Waals surface area contributed by atoms with Crippen LogP contribution in [0.1, 0.15) is 5.69 Å². The van der Waals surface area contributed by atoms with Crippen LogP contribution in [-0.4, -0.2) is 40.5 Å². The zero-order valence-electron chi connectivity index (χ0n) is 12.1. The number of halogens is 12. The Morgan fingerprint density at radius 2 is 1.15 bits per heavy atom. The van der Waals surface area contributed by atoms with Crippen LogP contribution in [0.2, 0.25) is 0 Å². The number of alkyl halides is 12. The van der Waals surface area contributed by atoms with Crippen molar-refractivity contribution in [3.8, 4) is 0 Å². The van der Waals surface area contributed by atoms with Crippen LogP contribution in [0.4, 0.5) is 52.7 Å². The molecular weight excluding hydrogens is 590 g/mol. The normalized spacial score (nSPS) is 26.7. The fourth-order valence-electron chi connectivity index (χ4n) is 2.00. The Kier molecular flexibility index (Phi) is 5.59. The van der Waals surface area contributed by atoms with Crippen molar-refractivity contribution >= 4 is 5.57 Å². The standard InChI is InChI=1S/C13H4F12N.Ir/c14-8(15)5-6(7-3-1-2-4-26-7)9(16,17)11(20,21)13(24,25)12(22,23)10(8,18)19;/h1-4H;/q-1;. The average Bonchev–Trinajstić information content (AvgIpc) is 2.51. The molecule has 14 heteroatoms. The molecule has 1 aromatic rings. The Morgan fingerprint density at radius 1 is 0.667 bits per heavy atom. The predicted octanol–water partition coefficient (Wildman–Crippen LogP) is 5.09. The van der Waals surface area contributed by atoms with E-state index in [1.165, 1.54) is 0 Å².